The van der Waals surface area contributed by atoms with Gasteiger partial charge in [-0.15, -0.1) is 0 Å². The van der Waals surface area contributed by atoms with Gasteiger partial charge in [-0.2, -0.15) is 0 Å². The summed E-state index contributed by atoms with van der Waals surface area (Å²) in [5.74, 6) is 0.785. The number of carbonyl (C=O) groups is 2. The van der Waals surface area contributed by atoms with Crippen molar-refractivity contribution < 1.29 is 9.59 Å². The van der Waals surface area contributed by atoms with Gasteiger partial charge in [0.2, 0.25) is 5.91 Å². The lowest BCUT2D eigenvalue weighted by Gasteiger charge is -2.44. The van der Waals surface area contributed by atoms with Gasteiger partial charge in [-0.3, -0.25) is 9.59 Å². The Bertz CT molecular complexity index is 592. The normalized spacial score (nSPS) is 23.7. The average Bonchev–Trinajstić information content (AvgIpc) is 2.61. The minimum atomic E-state index is -0.0529. The van der Waals surface area contributed by atoms with Crippen LogP contribution in [0.1, 0.15) is 62.7 Å². The molecule has 130 valence electrons. The lowest BCUT2D eigenvalue weighted by atomic mass is 9.78. The summed E-state index contributed by atoms with van der Waals surface area (Å²) in [5, 5.41) is 2.87. The van der Waals surface area contributed by atoms with E-state index in [1.807, 2.05) is 38.1 Å². The third-order valence-corrected chi connectivity index (χ3v) is 5.43. The Morgan fingerprint density at radius 1 is 1.04 bits per heavy atom. The van der Waals surface area contributed by atoms with Crippen LogP contribution in [0.15, 0.2) is 24.3 Å². The van der Waals surface area contributed by atoms with E-state index in [-0.39, 0.29) is 17.7 Å². The zero-order chi connectivity index (χ0) is 17.1. The Morgan fingerprint density at radius 3 is 2.42 bits per heavy atom. The maximum Gasteiger partial charge on any atom is 0.254 e. The van der Waals surface area contributed by atoms with E-state index in [0.29, 0.717) is 12.0 Å². The summed E-state index contributed by atoms with van der Waals surface area (Å²) in [4.78, 5) is 26.8. The highest BCUT2D eigenvalue weighted by Crippen LogP contribution is 2.36. The van der Waals surface area contributed by atoms with Crippen LogP contribution < -0.4 is 5.32 Å². The van der Waals surface area contributed by atoms with Crippen LogP contribution in [0.5, 0.6) is 0 Å². The summed E-state index contributed by atoms with van der Waals surface area (Å²) < 4.78 is 0. The Balaban J connectivity index is 1.69. The Labute approximate surface area is 144 Å². The summed E-state index contributed by atoms with van der Waals surface area (Å²) in [5.41, 5.74) is 1.48. The molecule has 3 rings (SSSR count). The third kappa shape index (κ3) is 3.63. The number of rotatable bonds is 3. The number of hydrogen-bond donors (Lipinski definition) is 1. The van der Waals surface area contributed by atoms with E-state index < -0.39 is 0 Å². The molecule has 0 unspecified atom stereocenters. The first kappa shape index (κ1) is 17.0. The molecule has 1 saturated carbocycles. The molecule has 1 aromatic rings. The highest BCUT2D eigenvalue weighted by atomic mass is 16.2. The number of benzene rings is 1. The standard InChI is InChI=1S/C20H28N2O2/c1-14(2)19(23)21-17-11-9-16(10-12-17)20(24)22-13-5-7-15-6-3-4-8-18(15)22/h9-12,14-15,18H,3-8,13H2,1-2H3,(H,21,23)/t15-,18-/m0/s1. The van der Waals surface area contributed by atoms with Gasteiger partial charge in [-0.05, 0) is 55.9 Å². The second-order valence-corrected chi connectivity index (χ2v) is 7.47. The smallest absolute Gasteiger partial charge is 0.254 e. The fourth-order valence-electron chi connectivity index (χ4n) is 4.03. The van der Waals surface area contributed by atoms with Crippen molar-refractivity contribution in [2.24, 2.45) is 11.8 Å². The minimum Gasteiger partial charge on any atom is -0.335 e. The van der Waals surface area contributed by atoms with Crippen LogP contribution in [0.2, 0.25) is 0 Å². The quantitative estimate of drug-likeness (QED) is 0.909. The van der Waals surface area contributed by atoms with Crippen LogP contribution in [0.3, 0.4) is 0 Å². The number of amides is 2. The fourth-order valence-corrected chi connectivity index (χ4v) is 4.03. The molecule has 24 heavy (non-hydrogen) atoms. The first-order valence-electron chi connectivity index (χ1n) is 9.28. The molecule has 0 radical (unpaired) electrons. The van der Waals surface area contributed by atoms with E-state index >= 15 is 0 Å². The summed E-state index contributed by atoms with van der Waals surface area (Å²) in [7, 11) is 0. The number of hydrogen-bond acceptors (Lipinski definition) is 2. The van der Waals surface area contributed by atoms with Crippen molar-refractivity contribution >= 4 is 17.5 Å². The van der Waals surface area contributed by atoms with Crippen LogP contribution in [0.4, 0.5) is 5.69 Å². The number of anilines is 1. The number of piperidine rings is 1. The van der Waals surface area contributed by atoms with E-state index in [0.717, 1.165) is 30.6 Å². The lowest BCUT2D eigenvalue weighted by Crippen LogP contribution is -2.49. The maximum atomic E-state index is 12.9. The van der Waals surface area contributed by atoms with Crippen LogP contribution in [0, 0.1) is 11.8 Å². The molecule has 1 saturated heterocycles. The molecule has 1 aliphatic carbocycles. The number of fused-ring (bicyclic) bond motifs is 1. The lowest BCUT2D eigenvalue weighted by molar-refractivity contribution is -0.118. The summed E-state index contributed by atoms with van der Waals surface area (Å²) in [6, 6.07) is 7.77. The predicted octanol–water partition coefficient (Wildman–Crippen LogP) is 4.08. The van der Waals surface area contributed by atoms with Gasteiger partial charge >= 0.3 is 0 Å². The zero-order valence-corrected chi connectivity index (χ0v) is 14.8. The third-order valence-electron chi connectivity index (χ3n) is 5.43. The van der Waals surface area contributed by atoms with Gasteiger partial charge in [-0.1, -0.05) is 26.7 Å². The fraction of sp³-hybridized carbons (Fsp3) is 0.600. The second-order valence-electron chi connectivity index (χ2n) is 7.47. The van der Waals surface area contributed by atoms with Gasteiger partial charge in [0.1, 0.15) is 0 Å². The van der Waals surface area contributed by atoms with Crippen molar-refractivity contribution in [3.8, 4) is 0 Å². The number of likely N-dealkylation sites (tertiary alicyclic amines) is 1. The molecule has 2 amide bonds. The minimum absolute atomic E-state index is 0.00449. The van der Waals surface area contributed by atoms with Gasteiger partial charge < -0.3 is 10.2 Å². The van der Waals surface area contributed by atoms with Crippen LogP contribution in [0.25, 0.3) is 0 Å². The molecule has 1 N–H and O–H groups in total. The van der Waals surface area contributed by atoms with Crippen LogP contribution in [-0.4, -0.2) is 29.3 Å². The Morgan fingerprint density at radius 2 is 1.71 bits per heavy atom. The van der Waals surface area contributed by atoms with Crippen LogP contribution >= 0.6 is 0 Å². The molecule has 1 aliphatic heterocycles. The largest absolute Gasteiger partial charge is 0.335 e. The van der Waals surface area contributed by atoms with Crippen molar-refractivity contribution in [1.29, 1.82) is 0 Å². The molecule has 1 heterocycles. The molecule has 0 aromatic heterocycles. The van der Waals surface area contributed by atoms with E-state index in [2.05, 4.69) is 10.2 Å². The van der Waals surface area contributed by atoms with Crippen molar-refractivity contribution in [2.75, 3.05) is 11.9 Å². The molecule has 2 aliphatic rings. The maximum absolute atomic E-state index is 12.9. The average molecular weight is 328 g/mol. The first-order chi connectivity index (χ1) is 11.6. The monoisotopic (exact) mass is 328 g/mol. The number of nitrogens with one attached hydrogen (secondary N) is 1. The highest BCUT2D eigenvalue weighted by molar-refractivity contribution is 5.96. The van der Waals surface area contributed by atoms with Gasteiger partial charge in [0.15, 0.2) is 0 Å². The van der Waals surface area contributed by atoms with Gasteiger partial charge in [0.05, 0.1) is 0 Å². The van der Waals surface area contributed by atoms with Gasteiger partial charge in [0.25, 0.3) is 5.91 Å². The molecule has 4 heteroatoms. The van der Waals surface area contributed by atoms with E-state index in [4.69, 9.17) is 0 Å². The molecular formula is C20H28N2O2. The number of nitrogens with zero attached hydrogens (tertiary/aromatic N) is 1. The Kier molecular flexibility index (Phi) is 5.22. The van der Waals surface area contributed by atoms with E-state index in [1.165, 1.54) is 25.7 Å². The summed E-state index contributed by atoms with van der Waals surface area (Å²) in [6.07, 6.45) is 7.37. The second kappa shape index (κ2) is 7.37. The Hall–Kier alpha value is -1.84. The summed E-state index contributed by atoms with van der Waals surface area (Å²) >= 11 is 0. The SMILES string of the molecule is CC(C)C(=O)Nc1ccc(C(=O)N2CCC[C@@H]3CCCC[C@@H]32)cc1. The molecule has 2 fully saturated rings. The van der Waals surface area contributed by atoms with Gasteiger partial charge in [-0.25, -0.2) is 0 Å². The molecule has 1 aromatic carbocycles. The predicted molar refractivity (Wildman–Crippen MR) is 95.9 cm³/mol. The highest BCUT2D eigenvalue weighted by Gasteiger charge is 2.35. The van der Waals surface area contributed by atoms with Crippen molar-refractivity contribution in [2.45, 2.75) is 58.4 Å². The van der Waals surface area contributed by atoms with Crippen LogP contribution in [-0.2, 0) is 4.79 Å². The van der Waals surface area contributed by atoms with Gasteiger partial charge in [0, 0.05) is 29.8 Å². The molecular weight excluding hydrogens is 300 g/mol. The van der Waals surface area contributed by atoms with Crippen molar-refractivity contribution in [3.63, 3.8) is 0 Å². The van der Waals surface area contributed by atoms with E-state index in [1.54, 1.807) is 0 Å². The molecule has 0 spiro atoms. The van der Waals surface area contributed by atoms with E-state index in [9.17, 15) is 9.59 Å². The zero-order valence-electron chi connectivity index (χ0n) is 14.8. The van der Waals surface area contributed by atoms with Crippen molar-refractivity contribution in [1.82, 2.24) is 4.90 Å². The topological polar surface area (TPSA) is 49.4 Å². The van der Waals surface area contributed by atoms with Crippen molar-refractivity contribution in [3.05, 3.63) is 29.8 Å². The molecule has 2 atom stereocenters. The summed E-state index contributed by atoms with van der Waals surface area (Å²) in [6.45, 7) is 4.61. The number of carbonyl (C=O) groups excluding carboxylic acids is 2. The first-order valence-corrected chi connectivity index (χ1v) is 9.28. The molecule has 0 bridgehead atoms. The molecule has 4 nitrogen and oxygen atoms in total.